The Hall–Kier alpha value is -3.29. The van der Waals surface area contributed by atoms with Gasteiger partial charge in [-0.25, -0.2) is 4.98 Å². The fraction of sp³-hybridized carbons (Fsp3) is 0.278. The Labute approximate surface area is 151 Å². The van der Waals surface area contributed by atoms with Gasteiger partial charge in [0.15, 0.2) is 0 Å². The molecular weight excluding hydrogens is 330 g/mol. The Morgan fingerprint density at radius 2 is 2.12 bits per heavy atom. The molecule has 1 aromatic carbocycles. The van der Waals surface area contributed by atoms with Crippen molar-refractivity contribution in [2.24, 2.45) is 0 Å². The number of anilines is 1. The van der Waals surface area contributed by atoms with Crippen molar-refractivity contribution in [3.63, 3.8) is 0 Å². The minimum Gasteiger partial charge on any atom is -0.382 e. The maximum atomic E-state index is 12.4. The average molecular weight is 351 g/mol. The quantitative estimate of drug-likeness (QED) is 0.701. The lowest BCUT2D eigenvalue weighted by Gasteiger charge is -2.10. The number of aromatic nitrogens is 5. The van der Waals surface area contributed by atoms with Gasteiger partial charge in [-0.15, -0.1) is 10.2 Å². The number of hydrogen-bond acceptors (Lipinski definition) is 6. The SMILES string of the molecule is CC(C)n1cnnc1CCNC(=O)c1cccc(-c2cnc(N)cn2)c1. The largest absolute Gasteiger partial charge is 0.382 e. The van der Waals surface area contributed by atoms with E-state index in [0.717, 1.165) is 11.4 Å². The van der Waals surface area contributed by atoms with Gasteiger partial charge in [0.2, 0.25) is 0 Å². The molecule has 0 spiro atoms. The number of carbonyl (C=O) groups is 1. The molecule has 0 aliphatic rings. The predicted octanol–water partition coefficient (Wildman–Crippen LogP) is 1.87. The number of nitrogens with two attached hydrogens (primary N) is 1. The van der Waals surface area contributed by atoms with Crippen LogP contribution in [0, 0.1) is 0 Å². The second kappa shape index (κ2) is 7.73. The van der Waals surface area contributed by atoms with E-state index in [1.807, 2.05) is 16.7 Å². The standard InChI is InChI=1S/C18H21N7O/c1-12(2)25-11-23-24-17(25)6-7-20-18(26)14-5-3-4-13(8-14)15-9-22-16(19)10-21-15/h3-5,8-12H,6-7H2,1-2H3,(H2,19,22)(H,20,26). The minimum absolute atomic E-state index is 0.147. The van der Waals surface area contributed by atoms with Gasteiger partial charge < -0.3 is 15.6 Å². The molecule has 1 amide bonds. The molecular formula is C18H21N7O. The van der Waals surface area contributed by atoms with Crippen LogP contribution in [0.15, 0.2) is 43.0 Å². The smallest absolute Gasteiger partial charge is 0.251 e. The molecule has 8 nitrogen and oxygen atoms in total. The van der Waals surface area contributed by atoms with Crippen molar-refractivity contribution in [1.82, 2.24) is 30.0 Å². The number of amides is 1. The molecule has 0 fully saturated rings. The molecule has 8 heteroatoms. The molecule has 0 atom stereocenters. The molecule has 0 saturated carbocycles. The Bertz CT molecular complexity index is 887. The molecule has 0 unspecified atom stereocenters. The van der Waals surface area contributed by atoms with E-state index in [0.29, 0.717) is 30.0 Å². The van der Waals surface area contributed by atoms with E-state index >= 15 is 0 Å². The van der Waals surface area contributed by atoms with Crippen LogP contribution in [0.1, 0.15) is 36.1 Å². The first-order valence-electron chi connectivity index (χ1n) is 8.39. The van der Waals surface area contributed by atoms with Crippen LogP contribution < -0.4 is 11.1 Å². The minimum atomic E-state index is -0.147. The van der Waals surface area contributed by atoms with Crippen molar-refractivity contribution in [3.05, 3.63) is 54.4 Å². The lowest BCUT2D eigenvalue weighted by Crippen LogP contribution is -2.26. The van der Waals surface area contributed by atoms with E-state index in [-0.39, 0.29) is 11.9 Å². The second-order valence-electron chi connectivity index (χ2n) is 6.16. The van der Waals surface area contributed by atoms with Gasteiger partial charge in [0.1, 0.15) is 18.0 Å². The normalized spacial score (nSPS) is 10.9. The van der Waals surface area contributed by atoms with Crippen LogP contribution in [-0.2, 0) is 6.42 Å². The van der Waals surface area contributed by atoms with Crippen LogP contribution in [0.3, 0.4) is 0 Å². The van der Waals surface area contributed by atoms with E-state index in [1.165, 1.54) is 6.20 Å². The summed E-state index contributed by atoms with van der Waals surface area (Å²) in [4.78, 5) is 20.7. The van der Waals surface area contributed by atoms with Gasteiger partial charge in [-0.05, 0) is 26.0 Å². The van der Waals surface area contributed by atoms with Crippen molar-refractivity contribution in [2.75, 3.05) is 12.3 Å². The number of benzene rings is 1. The number of nitrogen functional groups attached to an aromatic ring is 1. The topological polar surface area (TPSA) is 112 Å². The molecule has 134 valence electrons. The van der Waals surface area contributed by atoms with Crippen molar-refractivity contribution in [2.45, 2.75) is 26.3 Å². The summed E-state index contributed by atoms with van der Waals surface area (Å²) in [5.41, 5.74) is 7.60. The van der Waals surface area contributed by atoms with Crippen molar-refractivity contribution in [3.8, 4) is 11.3 Å². The van der Waals surface area contributed by atoms with E-state index < -0.39 is 0 Å². The highest BCUT2D eigenvalue weighted by atomic mass is 16.1. The van der Waals surface area contributed by atoms with Gasteiger partial charge in [-0.3, -0.25) is 9.78 Å². The Kier molecular flexibility index (Phi) is 5.21. The molecule has 0 aliphatic carbocycles. The highest BCUT2D eigenvalue weighted by molar-refractivity contribution is 5.95. The number of nitrogens with zero attached hydrogens (tertiary/aromatic N) is 5. The van der Waals surface area contributed by atoms with Gasteiger partial charge in [0.25, 0.3) is 5.91 Å². The van der Waals surface area contributed by atoms with Gasteiger partial charge in [0.05, 0.1) is 18.1 Å². The van der Waals surface area contributed by atoms with E-state index in [9.17, 15) is 4.79 Å². The first-order valence-corrected chi connectivity index (χ1v) is 8.39. The van der Waals surface area contributed by atoms with Crippen molar-refractivity contribution < 1.29 is 4.79 Å². The lowest BCUT2D eigenvalue weighted by molar-refractivity contribution is 0.0954. The van der Waals surface area contributed by atoms with Crippen LogP contribution in [0.25, 0.3) is 11.3 Å². The zero-order chi connectivity index (χ0) is 18.5. The van der Waals surface area contributed by atoms with Crippen molar-refractivity contribution in [1.29, 1.82) is 0 Å². The zero-order valence-electron chi connectivity index (χ0n) is 14.8. The van der Waals surface area contributed by atoms with Crippen LogP contribution in [0.2, 0.25) is 0 Å². The predicted molar refractivity (Wildman–Crippen MR) is 98.3 cm³/mol. The molecule has 3 rings (SSSR count). The summed E-state index contributed by atoms with van der Waals surface area (Å²) in [6.45, 7) is 4.62. The summed E-state index contributed by atoms with van der Waals surface area (Å²) >= 11 is 0. The highest BCUT2D eigenvalue weighted by Gasteiger charge is 2.10. The molecule has 2 heterocycles. The number of rotatable bonds is 6. The molecule has 0 bridgehead atoms. The summed E-state index contributed by atoms with van der Waals surface area (Å²) in [6.07, 6.45) is 5.41. The van der Waals surface area contributed by atoms with Gasteiger partial charge in [0, 0.05) is 30.1 Å². The number of nitrogens with one attached hydrogen (secondary N) is 1. The molecule has 3 N–H and O–H groups in total. The fourth-order valence-electron chi connectivity index (χ4n) is 2.57. The van der Waals surface area contributed by atoms with Gasteiger partial charge >= 0.3 is 0 Å². The van der Waals surface area contributed by atoms with E-state index in [2.05, 4.69) is 39.3 Å². The third-order valence-electron chi connectivity index (χ3n) is 3.93. The monoisotopic (exact) mass is 351 g/mol. The summed E-state index contributed by atoms with van der Waals surface area (Å²) in [6, 6.07) is 7.53. The number of carbonyl (C=O) groups excluding carboxylic acids is 1. The van der Waals surface area contributed by atoms with Crippen LogP contribution in [0.5, 0.6) is 0 Å². The molecule has 3 aromatic rings. The Morgan fingerprint density at radius 1 is 1.27 bits per heavy atom. The maximum absolute atomic E-state index is 12.4. The molecule has 0 radical (unpaired) electrons. The van der Waals surface area contributed by atoms with Crippen LogP contribution in [-0.4, -0.2) is 37.2 Å². The van der Waals surface area contributed by atoms with Gasteiger partial charge in [-0.1, -0.05) is 12.1 Å². The molecule has 2 aromatic heterocycles. The highest BCUT2D eigenvalue weighted by Crippen LogP contribution is 2.17. The average Bonchev–Trinajstić information content (AvgIpc) is 3.11. The summed E-state index contributed by atoms with van der Waals surface area (Å²) in [5.74, 6) is 1.06. The molecule has 0 aliphatic heterocycles. The van der Waals surface area contributed by atoms with Crippen LogP contribution in [0.4, 0.5) is 5.82 Å². The zero-order valence-corrected chi connectivity index (χ0v) is 14.8. The third kappa shape index (κ3) is 4.02. The van der Waals surface area contributed by atoms with E-state index in [1.54, 1.807) is 24.7 Å². The Balaban J connectivity index is 1.64. The maximum Gasteiger partial charge on any atom is 0.251 e. The fourth-order valence-corrected chi connectivity index (χ4v) is 2.57. The second-order valence-corrected chi connectivity index (χ2v) is 6.16. The Morgan fingerprint density at radius 3 is 2.85 bits per heavy atom. The molecule has 0 saturated heterocycles. The summed E-state index contributed by atoms with van der Waals surface area (Å²) in [5, 5.41) is 10.9. The first-order chi connectivity index (χ1) is 12.5. The molecule has 26 heavy (non-hydrogen) atoms. The summed E-state index contributed by atoms with van der Waals surface area (Å²) in [7, 11) is 0. The van der Waals surface area contributed by atoms with Crippen LogP contribution >= 0.6 is 0 Å². The van der Waals surface area contributed by atoms with Crippen molar-refractivity contribution >= 4 is 11.7 Å². The van der Waals surface area contributed by atoms with Gasteiger partial charge in [-0.2, -0.15) is 0 Å². The van der Waals surface area contributed by atoms with E-state index in [4.69, 9.17) is 5.73 Å². The first kappa shape index (κ1) is 17.5. The number of hydrogen-bond donors (Lipinski definition) is 2. The third-order valence-corrected chi connectivity index (χ3v) is 3.93. The lowest BCUT2D eigenvalue weighted by atomic mass is 10.1. The summed E-state index contributed by atoms with van der Waals surface area (Å²) < 4.78 is 1.99.